The maximum atomic E-state index is 6.78. The van der Waals surface area contributed by atoms with Gasteiger partial charge in [0.25, 0.3) is 0 Å². The largest absolute Gasteiger partial charge is 0.466 e. The molecule has 6 rings (SSSR count). The summed E-state index contributed by atoms with van der Waals surface area (Å²) in [4.78, 5) is 2.54. The first-order chi connectivity index (χ1) is 15.7. The number of rotatable bonds is 3. The van der Waals surface area contributed by atoms with Gasteiger partial charge in [0, 0.05) is 48.9 Å². The number of fused-ring (bicyclic) bond motifs is 4. The van der Waals surface area contributed by atoms with Gasteiger partial charge in [-0.1, -0.05) is 76.6 Å². The summed E-state index contributed by atoms with van der Waals surface area (Å²) in [5.74, 6) is 1.01. The van der Waals surface area contributed by atoms with E-state index in [4.69, 9.17) is 9.84 Å². The molecule has 0 radical (unpaired) electrons. The fraction of sp³-hybridized carbons (Fsp3) is 0.296. The summed E-state index contributed by atoms with van der Waals surface area (Å²) in [5.41, 5.74) is 4.57. The van der Waals surface area contributed by atoms with Crippen LogP contribution in [0.5, 0.6) is 5.75 Å². The summed E-state index contributed by atoms with van der Waals surface area (Å²) in [7, 11) is 0. The monoisotopic (exact) mass is 487 g/mol. The van der Waals surface area contributed by atoms with Crippen LogP contribution in [-0.2, 0) is 6.54 Å². The number of halogens is 1. The Kier molecular flexibility index (Phi) is 5.04. The fourth-order valence-corrected chi connectivity index (χ4v) is 5.67. The molecule has 32 heavy (non-hydrogen) atoms. The van der Waals surface area contributed by atoms with Crippen molar-refractivity contribution in [1.82, 2.24) is 9.91 Å². The average Bonchev–Trinajstić information content (AvgIpc) is 3.30. The van der Waals surface area contributed by atoms with Crippen molar-refractivity contribution in [3.8, 4) is 5.75 Å². The second-order valence-corrected chi connectivity index (χ2v) is 9.89. The molecule has 5 heteroatoms. The molecule has 3 aliphatic rings. The van der Waals surface area contributed by atoms with Crippen LogP contribution < -0.4 is 4.74 Å². The van der Waals surface area contributed by atoms with Gasteiger partial charge in [-0.3, -0.25) is 4.90 Å². The van der Waals surface area contributed by atoms with Crippen LogP contribution in [0.3, 0.4) is 0 Å². The first kappa shape index (κ1) is 20.0. The van der Waals surface area contributed by atoms with E-state index in [0.29, 0.717) is 0 Å². The number of likely N-dealkylation sites (tertiary alicyclic amines) is 1. The lowest BCUT2D eigenvalue weighted by Crippen LogP contribution is -2.59. The highest BCUT2D eigenvalue weighted by Crippen LogP contribution is 2.50. The third-order valence-corrected chi connectivity index (χ3v) is 7.45. The number of hydrazone groups is 1. The minimum absolute atomic E-state index is 0.215. The maximum Gasteiger partial charge on any atom is 0.200 e. The molecular weight excluding hydrogens is 462 g/mol. The van der Waals surface area contributed by atoms with E-state index in [1.807, 2.05) is 0 Å². The fourth-order valence-electron chi connectivity index (χ4n) is 5.29. The summed E-state index contributed by atoms with van der Waals surface area (Å²) >= 11 is 3.66. The minimum Gasteiger partial charge on any atom is -0.466 e. The molecule has 1 saturated heterocycles. The molecule has 1 fully saturated rings. The Morgan fingerprint density at radius 1 is 0.938 bits per heavy atom. The molecule has 0 saturated carbocycles. The summed E-state index contributed by atoms with van der Waals surface area (Å²) in [5, 5.41) is 7.48. The third kappa shape index (κ3) is 3.54. The number of nitrogens with zero attached hydrogens (tertiary/aromatic N) is 3. The van der Waals surface area contributed by atoms with Crippen LogP contribution in [-0.4, -0.2) is 34.4 Å². The third-order valence-electron chi connectivity index (χ3n) is 6.95. The minimum atomic E-state index is -0.380. The lowest BCUT2D eigenvalue weighted by atomic mass is 9.90. The van der Waals surface area contributed by atoms with Gasteiger partial charge in [0.2, 0.25) is 5.72 Å². The second kappa shape index (κ2) is 8.05. The van der Waals surface area contributed by atoms with Gasteiger partial charge in [0.05, 0.1) is 11.8 Å². The standard InChI is InChI=1S/C27H26BrN3O/c28-22-11-12-26-23(17-22)25-18-24(21-9-5-2-6-10-21)29-31(25)27(32-26)13-15-30(16-14-27)19-20-7-3-1-4-8-20/h1-12,17,25H,13-16,18-19H2/t25-/m0/s1. The molecule has 3 heterocycles. The van der Waals surface area contributed by atoms with Crippen molar-refractivity contribution in [3.63, 3.8) is 0 Å². The van der Waals surface area contributed by atoms with Gasteiger partial charge in [-0.2, -0.15) is 5.10 Å². The number of hydrogen-bond acceptors (Lipinski definition) is 4. The number of hydrogen-bond donors (Lipinski definition) is 0. The Morgan fingerprint density at radius 2 is 1.66 bits per heavy atom. The summed E-state index contributed by atoms with van der Waals surface area (Å²) in [6, 6.07) is 27.9. The Bertz CT molecular complexity index is 1140. The van der Waals surface area contributed by atoms with Gasteiger partial charge in [-0.25, -0.2) is 5.01 Å². The molecule has 3 aromatic rings. The highest BCUT2D eigenvalue weighted by atomic mass is 79.9. The van der Waals surface area contributed by atoms with Crippen molar-refractivity contribution < 1.29 is 4.74 Å². The molecule has 4 nitrogen and oxygen atoms in total. The Morgan fingerprint density at radius 3 is 2.41 bits per heavy atom. The first-order valence-corrected chi connectivity index (χ1v) is 12.2. The van der Waals surface area contributed by atoms with Crippen molar-refractivity contribution in [2.45, 2.75) is 37.6 Å². The van der Waals surface area contributed by atoms with Crippen molar-refractivity contribution >= 4 is 21.6 Å². The SMILES string of the molecule is Brc1ccc2c(c1)[C@@H]1CC(c3ccccc3)=NN1C1(CCN(Cc3ccccc3)CC1)O2. The molecule has 0 amide bonds. The van der Waals surface area contributed by atoms with E-state index in [2.05, 4.69) is 105 Å². The van der Waals surface area contributed by atoms with Crippen LogP contribution in [0.1, 0.15) is 42.0 Å². The molecule has 1 spiro atoms. The van der Waals surface area contributed by atoms with Crippen LogP contribution in [0.25, 0.3) is 0 Å². The molecule has 3 aromatic carbocycles. The summed E-state index contributed by atoms with van der Waals surface area (Å²) < 4.78 is 7.87. The lowest BCUT2D eigenvalue weighted by Gasteiger charge is -2.51. The first-order valence-electron chi connectivity index (χ1n) is 11.4. The lowest BCUT2D eigenvalue weighted by molar-refractivity contribution is -0.150. The molecule has 162 valence electrons. The van der Waals surface area contributed by atoms with Gasteiger partial charge in [0.1, 0.15) is 5.75 Å². The zero-order valence-electron chi connectivity index (χ0n) is 18.0. The molecule has 0 aromatic heterocycles. The van der Waals surface area contributed by atoms with Crippen LogP contribution in [0.4, 0.5) is 0 Å². The van der Waals surface area contributed by atoms with E-state index < -0.39 is 0 Å². The molecular formula is C27H26BrN3O. The average molecular weight is 488 g/mol. The number of benzene rings is 3. The number of ether oxygens (including phenoxy) is 1. The molecule has 0 N–H and O–H groups in total. The second-order valence-electron chi connectivity index (χ2n) is 8.97. The molecule has 1 atom stereocenters. The van der Waals surface area contributed by atoms with E-state index >= 15 is 0 Å². The predicted molar refractivity (Wildman–Crippen MR) is 131 cm³/mol. The van der Waals surface area contributed by atoms with Crippen molar-refractivity contribution in [3.05, 3.63) is 100 Å². The van der Waals surface area contributed by atoms with Gasteiger partial charge >= 0.3 is 0 Å². The normalized spacial score (nSPS) is 21.6. The van der Waals surface area contributed by atoms with Crippen LogP contribution in [0.2, 0.25) is 0 Å². The van der Waals surface area contributed by atoms with E-state index in [9.17, 15) is 0 Å². The highest BCUT2D eigenvalue weighted by molar-refractivity contribution is 9.10. The molecule has 0 aliphatic carbocycles. The Hall–Kier alpha value is -2.63. The quantitative estimate of drug-likeness (QED) is 0.454. The maximum absolute atomic E-state index is 6.78. The van der Waals surface area contributed by atoms with Crippen LogP contribution in [0, 0.1) is 0 Å². The van der Waals surface area contributed by atoms with Crippen LogP contribution in [0.15, 0.2) is 88.4 Å². The van der Waals surface area contributed by atoms with E-state index in [-0.39, 0.29) is 11.8 Å². The smallest absolute Gasteiger partial charge is 0.200 e. The zero-order valence-corrected chi connectivity index (χ0v) is 19.5. The van der Waals surface area contributed by atoms with Gasteiger partial charge < -0.3 is 4.74 Å². The van der Waals surface area contributed by atoms with Gasteiger partial charge in [-0.05, 0) is 29.3 Å². The predicted octanol–water partition coefficient (Wildman–Crippen LogP) is 5.98. The summed E-state index contributed by atoms with van der Waals surface area (Å²) in [6.07, 6.45) is 2.79. The van der Waals surface area contributed by atoms with Crippen molar-refractivity contribution in [1.29, 1.82) is 0 Å². The van der Waals surface area contributed by atoms with E-state index in [0.717, 1.165) is 54.8 Å². The topological polar surface area (TPSA) is 28.1 Å². The summed E-state index contributed by atoms with van der Waals surface area (Å²) in [6.45, 7) is 2.99. The van der Waals surface area contributed by atoms with Crippen molar-refractivity contribution in [2.75, 3.05) is 13.1 Å². The Labute approximate surface area is 197 Å². The highest BCUT2D eigenvalue weighted by Gasteiger charge is 2.51. The molecule has 0 bridgehead atoms. The molecule has 0 unspecified atom stereocenters. The van der Waals surface area contributed by atoms with Gasteiger partial charge in [-0.15, -0.1) is 0 Å². The number of piperidine rings is 1. The Balaban J connectivity index is 1.31. The van der Waals surface area contributed by atoms with Gasteiger partial charge in [0.15, 0.2) is 0 Å². The van der Waals surface area contributed by atoms with Crippen LogP contribution >= 0.6 is 15.9 Å². The molecule has 3 aliphatic heterocycles. The van der Waals surface area contributed by atoms with Crippen molar-refractivity contribution in [2.24, 2.45) is 5.10 Å². The van der Waals surface area contributed by atoms with E-state index in [1.165, 1.54) is 16.7 Å². The zero-order chi connectivity index (χ0) is 21.5. The van der Waals surface area contributed by atoms with E-state index in [1.54, 1.807) is 0 Å².